The van der Waals surface area contributed by atoms with Crippen LogP contribution in [0.2, 0.25) is 0 Å². The van der Waals surface area contributed by atoms with Crippen LogP contribution in [0.5, 0.6) is 5.75 Å². The summed E-state index contributed by atoms with van der Waals surface area (Å²) >= 11 is 0. The molecule has 1 aromatic carbocycles. The Morgan fingerprint density at radius 1 is 1.30 bits per heavy atom. The van der Waals surface area contributed by atoms with Gasteiger partial charge in [-0.2, -0.15) is 0 Å². The van der Waals surface area contributed by atoms with Crippen molar-refractivity contribution < 1.29 is 28.9 Å². The minimum absolute atomic E-state index is 0.115. The first kappa shape index (κ1) is 22.7. The second-order valence-corrected chi connectivity index (χ2v) is 7.20. The van der Waals surface area contributed by atoms with Gasteiger partial charge in [0.15, 0.2) is 6.29 Å². The normalized spacial score (nSPS) is 13.5. The molecule has 0 radical (unpaired) electrons. The minimum Gasteiger partial charge on any atom is -0.491 e. The summed E-state index contributed by atoms with van der Waals surface area (Å²) in [4.78, 5) is 23.1. The quantitative estimate of drug-likeness (QED) is 0.530. The van der Waals surface area contributed by atoms with Gasteiger partial charge in [0.05, 0.1) is 6.04 Å². The highest BCUT2D eigenvalue weighted by Crippen LogP contribution is 2.16. The Hall–Kier alpha value is -2.32. The maximum Gasteiger partial charge on any atom is 0.407 e. The molecule has 1 aromatic rings. The Balaban J connectivity index is 2.68. The van der Waals surface area contributed by atoms with Crippen molar-refractivity contribution in [3.8, 4) is 5.75 Å². The van der Waals surface area contributed by atoms with Gasteiger partial charge in [0.1, 0.15) is 18.0 Å². The third-order valence-electron chi connectivity index (χ3n) is 3.49. The summed E-state index contributed by atoms with van der Waals surface area (Å²) in [5.74, 6) is 0.118. The van der Waals surface area contributed by atoms with Gasteiger partial charge in [0.2, 0.25) is 5.91 Å². The van der Waals surface area contributed by atoms with E-state index in [0.29, 0.717) is 18.6 Å². The second-order valence-electron chi connectivity index (χ2n) is 7.20. The van der Waals surface area contributed by atoms with Crippen LogP contribution >= 0.6 is 0 Å². The molecule has 1 rings (SSSR count). The second kappa shape index (κ2) is 10.7. The summed E-state index contributed by atoms with van der Waals surface area (Å²) in [6.45, 7) is 5.44. The minimum atomic E-state index is -0.891. The molecule has 2 atom stereocenters. The van der Waals surface area contributed by atoms with E-state index in [-0.39, 0.29) is 13.0 Å². The predicted octanol–water partition coefficient (Wildman–Crippen LogP) is 1.73. The molecule has 0 aliphatic carbocycles. The number of rotatable bonds is 10. The number of ether oxygens (including phenoxy) is 3. The van der Waals surface area contributed by atoms with E-state index in [2.05, 4.69) is 5.32 Å². The zero-order chi connectivity index (χ0) is 20.4. The topological polar surface area (TPSA) is 120 Å². The van der Waals surface area contributed by atoms with Gasteiger partial charge in [-0.25, -0.2) is 4.79 Å². The van der Waals surface area contributed by atoms with E-state index in [1.807, 2.05) is 6.07 Å². The van der Waals surface area contributed by atoms with Gasteiger partial charge in [0, 0.05) is 20.0 Å². The first-order valence-electron chi connectivity index (χ1n) is 8.79. The Bertz CT molecular complexity index is 614. The molecule has 0 heterocycles. The number of carbonyl (C=O) groups excluding carboxylic acids is 2. The highest BCUT2D eigenvalue weighted by molar-refractivity contribution is 5.74. The lowest BCUT2D eigenvalue weighted by molar-refractivity contribution is -0.118. The molecule has 0 saturated carbocycles. The van der Waals surface area contributed by atoms with Crippen molar-refractivity contribution in [2.24, 2.45) is 5.73 Å². The number of primary amides is 1. The summed E-state index contributed by atoms with van der Waals surface area (Å²) in [5, 5.41) is 12.3. The van der Waals surface area contributed by atoms with Gasteiger partial charge in [0.25, 0.3) is 0 Å². The molecule has 0 aliphatic rings. The molecular weight excluding hydrogens is 352 g/mol. The lowest BCUT2D eigenvalue weighted by atomic mass is 10.1. The maximum absolute atomic E-state index is 12.0. The lowest BCUT2D eigenvalue weighted by Gasteiger charge is -2.23. The van der Waals surface area contributed by atoms with Crippen LogP contribution in [0.25, 0.3) is 0 Å². The van der Waals surface area contributed by atoms with Crippen LogP contribution in [0.15, 0.2) is 24.3 Å². The van der Waals surface area contributed by atoms with Gasteiger partial charge >= 0.3 is 6.09 Å². The van der Waals surface area contributed by atoms with E-state index in [1.54, 1.807) is 39.0 Å². The number of hydrogen-bond donors (Lipinski definition) is 3. The number of aliphatic hydroxyl groups is 1. The monoisotopic (exact) mass is 382 g/mol. The number of nitrogens with one attached hydrogen (secondary N) is 1. The molecule has 0 spiro atoms. The zero-order valence-corrected chi connectivity index (χ0v) is 16.4. The van der Waals surface area contributed by atoms with Crippen molar-refractivity contribution in [3.63, 3.8) is 0 Å². The van der Waals surface area contributed by atoms with Gasteiger partial charge < -0.3 is 30.4 Å². The summed E-state index contributed by atoms with van der Waals surface area (Å²) in [6.07, 6.45) is -0.704. The Morgan fingerprint density at radius 3 is 2.59 bits per heavy atom. The van der Waals surface area contributed by atoms with Crippen molar-refractivity contribution in [2.45, 2.75) is 58.0 Å². The predicted molar refractivity (Wildman–Crippen MR) is 100 cm³/mol. The smallest absolute Gasteiger partial charge is 0.407 e. The number of benzene rings is 1. The number of amides is 2. The maximum atomic E-state index is 12.0. The van der Waals surface area contributed by atoms with Gasteiger partial charge in [-0.1, -0.05) is 12.1 Å². The molecule has 8 heteroatoms. The molecule has 4 N–H and O–H groups in total. The van der Waals surface area contributed by atoms with E-state index in [1.165, 1.54) is 7.11 Å². The standard InChI is InChI=1S/C19H30N2O6/c1-19(2,3)27-18(24)21-14(8-9-16(20)22)12-26-15-7-5-6-13(10-15)11-17(23)25-4/h5-7,10,14,17,23H,8-9,11-12H2,1-4H3,(H2,20,22)(H,21,24)/t14-,17?/m0/s1. The fourth-order valence-electron chi connectivity index (χ4n) is 2.23. The van der Waals surface area contributed by atoms with Crippen molar-refractivity contribution in [2.75, 3.05) is 13.7 Å². The first-order valence-corrected chi connectivity index (χ1v) is 8.79. The molecule has 0 saturated heterocycles. The summed E-state index contributed by atoms with van der Waals surface area (Å²) in [7, 11) is 1.43. The fraction of sp³-hybridized carbons (Fsp3) is 0.579. The van der Waals surface area contributed by atoms with Crippen molar-refractivity contribution in [1.29, 1.82) is 0 Å². The number of hydrogen-bond acceptors (Lipinski definition) is 6. The zero-order valence-electron chi connectivity index (χ0n) is 16.4. The number of aliphatic hydroxyl groups excluding tert-OH is 1. The van der Waals surface area contributed by atoms with E-state index in [4.69, 9.17) is 19.9 Å². The van der Waals surface area contributed by atoms with E-state index in [9.17, 15) is 14.7 Å². The summed E-state index contributed by atoms with van der Waals surface area (Å²) in [5.41, 5.74) is 5.41. The van der Waals surface area contributed by atoms with Crippen LogP contribution in [-0.4, -0.2) is 48.8 Å². The molecule has 0 aromatic heterocycles. The van der Waals surface area contributed by atoms with Gasteiger partial charge in [-0.05, 0) is 44.9 Å². The average Bonchev–Trinajstić information content (AvgIpc) is 2.55. The number of methoxy groups -OCH3 is 1. The van der Waals surface area contributed by atoms with Crippen LogP contribution in [0.3, 0.4) is 0 Å². The van der Waals surface area contributed by atoms with E-state index in [0.717, 1.165) is 5.56 Å². The third-order valence-corrected chi connectivity index (χ3v) is 3.49. The Kier molecular flexibility index (Phi) is 9.04. The van der Waals surface area contributed by atoms with Gasteiger partial charge in [-0.3, -0.25) is 4.79 Å². The van der Waals surface area contributed by atoms with Crippen LogP contribution in [-0.2, 0) is 20.7 Å². The summed E-state index contributed by atoms with van der Waals surface area (Å²) < 4.78 is 15.8. The summed E-state index contributed by atoms with van der Waals surface area (Å²) in [6, 6.07) is 6.74. The molecule has 0 fully saturated rings. The molecule has 152 valence electrons. The number of nitrogens with two attached hydrogens (primary N) is 1. The molecule has 1 unspecified atom stereocenters. The molecular formula is C19H30N2O6. The lowest BCUT2D eigenvalue weighted by Crippen LogP contribution is -2.42. The van der Waals surface area contributed by atoms with Crippen molar-refractivity contribution >= 4 is 12.0 Å². The molecule has 8 nitrogen and oxygen atoms in total. The largest absolute Gasteiger partial charge is 0.491 e. The highest BCUT2D eigenvalue weighted by Gasteiger charge is 2.20. The van der Waals surface area contributed by atoms with Crippen molar-refractivity contribution in [1.82, 2.24) is 5.32 Å². The van der Waals surface area contributed by atoms with Crippen LogP contribution in [0, 0.1) is 0 Å². The van der Waals surface area contributed by atoms with E-state index < -0.39 is 29.9 Å². The fourth-order valence-corrected chi connectivity index (χ4v) is 2.23. The van der Waals surface area contributed by atoms with Crippen LogP contribution in [0.1, 0.15) is 39.2 Å². The third kappa shape index (κ3) is 10.4. The average molecular weight is 382 g/mol. The van der Waals surface area contributed by atoms with Gasteiger partial charge in [-0.15, -0.1) is 0 Å². The molecule has 27 heavy (non-hydrogen) atoms. The van der Waals surface area contributed by atoms with E-state index >= 15 is 0 Å². The molecule has 0 bridgehead atoms. The number of carbonyl (C=O) groups is 2. The SMILES string of the molecule is COC(O)Cc1cccc(OC[C@H](CCC(N)=O)NC(=O)OC(C)(C)C)c1. The molecule has 0 aliphatic heterocycles. The Morgan fingerprint density at radius 2 is 2.00 bits per heavy atom. The van der Waals surface area contributed by atoms with Crippen LogP contribution < -0.4 is 15.8 Å². The number of alkyl carbamates (subject to hydrolysis) is 1. The highest BCUT2D eigenvalue weighted by atomic mass is 16.6. The molecule has 2 amide bonds. The van der Waals surface area contributed by atoms with Crippen molar-refractivity contribution in [3.05, 3.63) is 29.8 Å². The first-order chi connectivity index (χ1) is 12.6. The Labute approximate surface area is 160 Å². The van der Waals surface area contributed by atoms with Crippen LogP contribution in [0.4, 0.5) is 4.79 Å².